The molecule has 0 fully saturated rings. The first kappa shape index (κ1) is 30.8. The molecule has 2 aromatic heterocycles. The zero-order valence-corrected chi connectivity index (χ0v) is 30.1. The highest BCUT2D eigenvalue weighted by molar-refractivity contribution is 6.09. The van der Waals surface area contributed by atoms with E-state index in [1.54, 1.807) is 0 Å². The molecule has 2 heterocycles. The third-order valence-corrected chi connectivity index (χ3v) is 11.6. The van der Waals surface area contributed by atoms with Crippen LogP contribution in [0.25, 0.3) is 71.7 Å². The van der Waals surface area contributed by atoms with Crippen molar-refractivity contribution in [1.82, 2.24) is 4.57 Å². The van der Waals surface area contributed by atoms with Gasteiger partial charge in [0.2, 0.25) is 0 Å². The largest absolute Gasteiger partial charge is 0.456 e. The number of furan rings is 1. The van der Waals surface area contributed by atoms with E-state index in [9.17, 15) is 0 Å². The molecule has 0 aliphatic heterocycles. The number of hydrogen-bond donors (Lipinski definition) is 0. The SMILES string of the molecule is CC1(C)c2ccccc2-c2ccc(N(c3ccc(-c4ccc(-n5c6ccccc6c6ccccc65)cc4)cc3)c3ccc4oc5ccccc5c4c3)cc21. The molecule has 0 bridgehead atoms. The van der Waals surface area contributed by atoms with E-state index in [1.807, 2.05) is 12.1 Å². The van der Waals surface area contributed by atoms with Crippen LogP contribution < -0.4 is 4.90 Å². The standard InChI is InChI=1S/C51H36N2O/c1-51(2)45-15-7-3-11-39(45)40-29-27-38(32-46(40)51)52(37-28-30-50-44(31-37)43-14-6-10-18-49(43)54-50)35-23-19-33(20-24-35)34-21-25-36(26-22-34)53-47-16-8-4-12-41(47)42-13-5-9-17-48(42)53/h3-32H,1-2H3. The summed E-state index contributed by atoms with van der Waals surface area (Å²) in [6.45, 7) is 4.69. The summed E-state index contributed by atoms with van der Waals surface area (Å²) in [6, 6.07) is 66.0. The number of fused-ring (bicyclic) bond motifs is 9. The van der Waals surface area contributed by atoms with Gasteiger partial charge in [0.05, 0.1) is 11.0 Å². The van der Waals surface area contributed by atoms with E-state index < -0.39 is 0 Å². The van der Waals surface area contributed by atoms with Gasteiger partial charge < -0.3 is 13.9 Å². The molecule has 0 N–H and O–H groups in total. The summed E-state index contributed by atoms with van der Waals surface area (Å²) in [6.07, 6.45) is 0. The molecule has 0 saturated heterocycles. The van der Waals surface area contributed by atoms with Crippen LogP contribution in [0.4, 0.5) is 17.1 Å². The Morgan fingerprint density at radius 3 is 1.70 bits per heavy atom. The molecule has 0 spiro atoms. The Morgan fingerprint density at radius 2 is 0.963 bits per heavy atom. The summed E-state index contributed by atoms with van der Waals surface area (Å²) in [5, 5.41) is 4.78. The summed E-state index contributed by atoms with van der Waals surface area (Å²) in [7, 11) is 0. The zero-order valence-electron chi connectivity index (χ0n) is 30.1. The van der Waals surface area contributed by atoms with Crippen molar-refractivity contribution in [2.24, 2.45) is 0 Å². The van der Waals surface area contributed by atoms with Crippen molar-refractivity contribution in [3.8, 4) is 27.9 Å². The highest BCUT2D eigenvalue weighted by Crippen LogP contribution is 2.51. The summed E-state index contributed by atoms with van der Waals surface area (Å²) in [4.78, 5) is 2.38. The van der Waals surface area contributed by atoms with Gasteiger partial charge in [-0.25, -0.2) is 0 Å². The molecule has 0 saturated carbocycles. The normalized spacial score (nSPS) is 13.1. The van der Waals surface area contributed by atoms with Crippen LogP contribution in [0.1, 0.15) is 25.0 Å². The lowest BCUT2D eigenvalue weighted by atomic mass is 9.82. The molecule has 11 rings (SSSR count). The summed E-state index contributed by atoms with van der Waals surface area (Å²) < 4.78 is 8.61. The predicted octanol–water partition coefficient (Wildman–Crippen LogP) is 14.1. The van der Waals surface area contributed by atoms with Gasteiger partial charge in [-0.1, -0.05) is 123 Å². The maximum absolute atomic E-state index is 6.24. The minimum atomic E-state index is -0.104. The highest BCUT2D eigenvalue weighted by atomic mass is 16.3. The third-order valence-electron chi connectivity index (χ3n) is 11.6. The Labute approximate surface area is 314 Å². The van der Waals surface area contributed by atoms with Crippen molar-refractivity contribution < 1.29 is 4.42 Å². The van der Waals surface area contributed by atoms with Crippen LogP contribution in [0, 0.1) is 0 Å². The number of hydrogen-bond acceptors (Lipinski definition) is 2. The first-order valence-corrected chi connectivity index (χ1v) is 18.7. The maximum atomic E-state index is 6.24. The summed E-state index contributed by atoms with van der Waals surface area (Å²) >= 11 is 0. The topological polar surface area (TPSA) is 21.3 Å². The molecule has 3 heteroatoms. The van der Waals surface area contributed by atoms with Crippen LogP contribution >= 0.6 is 0 Å². The Morgan fingerprint density at radius 1 is 0.426 bits per heavy atom. The van der Waals surface area contributed by atoms with Crippen molar-refractivity contribution in [2.45, 2.75) is 19.3 Å². The molecule has 0 radical (unpaired) electrons. The van der Waals surface area contributed by atoms with Gasteiger partial charge in [0.25, 0.3) is 0 Å². The smallest absolute Gasteiger partial charge is 0.135 e. The number of rotatable bonds is 5. The van der Waals surface area contributed by atoms with Crippen LogP contribution in [0.5, 0.6) is 0 Å². The van der Waals surface area contributed by atoms with Crippen molar-refractivity contribution in [3.05, 3.63) is 193 Å². The Balaban J connectivity index is 1.01. The Bertz CT molecular complexity index is 3020. The van der Waals surface area contributed by atoms with E-state index in [1.165, 1.54) is 55.2 Å². The lowest BCUT2D eigenvalue weighted by molar-refractivity contribution is 0.660. The van der Waals surface area contributed by atoms with E-state index in [-0.39, 0.29) is 5.41 Å². The molecular formula is C51H36N2O. The maximum Gasteiger partial charge on any atom is 0.135 e. The molecule has 0 amide bonds. The van der Waals surface area contributed by atoms with Crippen molar-refractivity contribution in [2.75, 3.05) is 4.90 Å². The fourth-order valence-corrected chi connectivity index (χ4v) is 8.94. The van der Waals surface area contributed by atoms with E-state index >= 15 is 0 Å². The average Bonchev–Trinajstić information content (AvgIpc) is 3.84. The van der Waals surface area contributed by atoms with Crippen LogP contribution in [-0.2, 0) is 5.41 Å². The zero-order chi connectivity index (χ0) is 36.0. The first-order valence-electron chi connectivity index (χ1n) is 18.7. The van der Waals surface area contributed by atoms with Gasteiger partial charge in [-0.05, 0) is 106 Å². The molecule has 1 aliphatic carbocycles. The van der Waals surface area contributed by atoms with E-state index in [0.29, 0.717) is 0 Å². The van der Waals surface area contributed by atoms with Gasteiger partial charge in [-0.15, -0.1) is 0 Å². The van der Waals surface area contributed by atoms with Gasteiger partial charge in [0.15, 0.2) is 0 Å². The minimum absolute atomic E-state index is 0.104. The Hall–Kier alpha value is -6.84. The number of benzene rings is 8. The van der Waals surface area contributed by atoms with Gasteiger partial charge in [0.1, 0.15) is 11.2 Å². The number of nitrogens with zero attached hydrogens (tertiary/aromatic N) is 2. The number of aromatic nitrogens is 1. The first-order chi connectivity index (χ1) is 26.5. The fourth-order valence-electron chi connectivity index (χ4n) is 8.94. The quantitative estimate of drug-likeness (QED) is 0.179. The van der Waals surface area contributed by atoms with Crippen LogP contribution in [-0.4, -0.2) is 4.57 Å². The van der Waals surface area contributed by atoms with Gasteiger partial charge in [0, 0.05) is 49.7 Å². The van der Waals surface area contributed by atoms with Crippen LogP contribution in [0.15, 0.2) is 186 Å². The molecule has 3 nitrogen and oxygen atoms in total. The minimum Gasteiger partial charge on any atom is -0.456 e. The monoisotopic (exact) mass is 692 g/mol. The average molecular weight is 693 g/mol. The van der Waals surface area contributed by atoms with Crippen LogP contribution in [0.3, 0.4) is 0 Å². The molecule has 10 aromatic rings. The second kappa shape index (κ2) is 11.6. The second-order valence-electron chi connectivity index (χ2n) is 15.0. The Kier molecular flexibility index (Phi) is 6.60. The molecule has 1 aliphatic rings. The van der Waals surface area contributed by atoms with Gasteiger partial charge in [-0.2, -0.15) is 0 Å². The fraction of sp³-hybridized carbons (Fsp3) is 0.0588. The predicted molar refractivity (Wildman–Crippen MR) is 226 cm³/mol. The van der Waals surface area contributed by atoms with Gasteiger partial charge >= 0.3 is 0 Å². The van der Waals surface area contributed by atoms with E-state index in [2.05, 4.69) is 193 Å². The lowest BCUT2D eigenvalue weighted by Crippen LogP contribution is -2.16. The summed E-state index contributed by atoms with van der Waals surface area (Å²) in [5.74, 6) is 0. The van der Waals surface area contributed by atoms with E-state index in [0.717, 1.165) is 44.7 Å². The van der Waals surface area contributed by atoms with Crippen molar-refractivity contribution >= 4 is 60.8 Å². The molecule has 0 unspecified atom stereocenters. The highest BCUT2D eigenvalue weighted by Gasteiger charge is 2.35. The summed E-state index contributed by atoms with van der Waals surface area (Å²) in [5.41, 5.74) is 16.3. The molecule has 256 valence electrons. The molecule has 0 atom stereocenters. The lowest BCUT2D eigenvalue weighted by Gasteiger charge is -2.28. The molecule has 54 heavy (non-hydrogen) atoms. The number of para-hydroxylation sites is 3. The number of anilines is 3. The van der Waals surface area contributed by atoms with Crippen LogP contribution in [0.2, 0.25) is 0 Å². The molecular weight excluding hydrogens is 657 g/mol. The van der Waals surface area contributed by atoms with Crippen molar-refractivity contribution in [3.63, 3.8) is 0 Å². The van der Waals surface area contributed by atoms with E-state index in [4.69, 9.17) is 4.42 Å². The van der Waals surface area contributed by atoms with Gasteiger partial charge in [-0.3, -0.25) is 0 Å². The molecule has 8 aromatic carbocycles. The second-order valence-corrected chi connectivity index (χ2v) is 15.0. The third kappa shape index (κ3) is 4.55. The van der Waals surface area contributed by atoms with Crippen molar-refractivity contribution in [1.29, 1.82) is 0 Å².